The van der Waals surface area contributed by atoms with Gasteiger partial charge >= 0.3 is 5.97 Å². The molecule has 1 aliphatic rings. The van der Waals surface area contributed by atoms with Crippen LogP contribution in [0.25, 0.3) is 0 Å². The number of aliphatic carboxylic acids is 1. The molecule has 0 saturated carbocycles. The van der Waals surface area contributed by atoms with Crippen LogP contribution in [0.2, 0.25) is 0 Å². The van der Waals surface area contributed by atoms with E-state index in [1.807, 2.05) is 0 Å². The van der Waals surface area contributed by atoms with Gasteiger partial charge in [-0.15, -0.1) is 0 Å². The van der Waals surface area contributed by atoms with Gasteiger partial charge in [0.1, 0.15) is 17.1 Å². The van der Waals surface area contributed by atoms with Crippen molar-refractivity contribution < 1.29 is 23.8 Å². The number of carboxylic acids is 1. The minimum atomic E-state index is -1.23. The van der Waals surface area contributed by atoms with Crippen LogP contribution in [-0.4, -0.2) is 40.1 Å². The third-order valence-electron chi connectivity index (χ3n) is 3.27. The second-order valence-corrected chi connectivity index (χ2v) is 6.00. The Labute approximate surface area is 125 Å². The van der Waals surface area contributed by atoms with Crippen LogP contribution in [-0.2, 0) is 9.59 Å². The van der Waals surface area contributed by atoms with Gasteiger partial charge < -0.3 is 15.2 Å². The summed E-state index contributed by atoms with van der Waals surface area (Å²) in [6, 6.07) is 5.45. The fourth-order valence-corrected chi connectivity index (χ4v) is 3.35. The number of carboxylic acid groups (broad SMARTS) is 1. The van der Waals surface area contributed by atoms with E-state index in [9.17, 15) is 19.1 Å². The summed E-state index contributed by atoms with van der Waals surface area (Å²) in [4.78, 5) is 23.5. The van der Waals surface area contributed by atoms with Gasteiger partial charge in [-0.1, -0.05) is 6.07 Å². The van der Waals surface area contributed by atoms with Crippen molar-refractivity contribution in [3.63, 3.8) is 0 Å². The number of halogens is 1. The lowest BCUT2D eigenvalue weighted by Gasteiger charge is -2.26. The lowest BCUT2D eigenvalue weighted by molar-refractivity contribution is -0.147. The third-order valence-corrected chi connectivity index (χ3v) is 4.46. The molecule has 0 spiro atoms. The van der Waals surface area contributed by atoms with E-state index in [0.29, 0.717) is 17.9 Å². The summed E-state index contributed by atoms with van der Waals surface area (Å²) in [5.74, 6) is -0.785. The monoisotopic (exact) mass is 313 g/mol. The first-order chi connectivity index (χ1) is 9.93. The molecule has 2 atom stereocenters. The molecule has 5 nitrogen and oxygen atoms in total. The van der Waals surface area contributed by atoms with Crippen LogP contribution in [0.3, 0.4) is 0 Å². The molecule has 0 radical (unpaired) electrons. The van der Waals surface area contributed by atoms with Gasteiger partial charge in [0.25, 0.3) is 5.91 Å². The second kappa shape index (κ2) is 6.34. The van der Waals surface area contributed by atoms with Crippen LogP contribution >= 0.6 is 11.8 Å². The fraction of sp³-hybridized carbons (Fsp3) is 0.429. The molecule has 1 aromatic carbocycles. The van der Waals surface area contributed by atoms with Gasteiger partial charge in [0.15, 0.2) is 6.10 Å². The molecule has 7 heteroatoms. The van der Waals surface area contributed by atoms with Gasteiger partial charge in [-0.3, -0.25) is 4.79 Å². The minimum Gasteiger partial charge on any atom is -0.481 e. The Bertz CT molecular complexity index is 546. The van der Waals surface area contributed by atoms with Crippen LogP contribution in [0, 0.1) is 5.82 Å². The number of rotatable bonds is 5. The molecule has 2 N–H and O–H groups in total. The van der Waals surface area contributed by atoms with Gasteiger partial charge in [-0.25, -0.2) is 9.18 Å². The summed E-state index contributed by atoms with van der Waals surface area (Å²) in [5.41, 5.74) is -1.23. The number of ether oxygens (including phenoxy) is 1. The molecule has 1 amide bonds. The topological polar surface area (TPSA) is 75.6 Å². The highest BCUT2D eigenvalue weighted by atomic mass is 32.2. The normalized spacial score (nSPS) is 22.6. The number of benzene rings is 1. The van der Waals surface area contributed by atoms with E-state index in [0.717, 1.165) is 0 Å². The standard InChI is InChI=1S/C14H16FNO4S/c1-9(20-11-4-2-3-10(15)7-11)12(17)16-14(13(18)19)5-6-21-8-14/h2-4,7,9H,5-6,8H2,1H3,(H,16,17)(H,18,19)/t9-,14+/m0/s1. The Morgan fingerprint density at radius 1 is 1.52 bits per heavy atom. The van der Waals surface area contributed by atoms with Gasteiger partial charge in [0.05, 0.1) is 0 Å². The summed E-state index contributed by atoms with van der Waals surface area (Å²) in [6.07, 6.45) is -0.528. The maximum atomic E-state index is 13.1. The van der Waals surface area contributed by atoms with Crippen molar-refractivity contribution in [2.45, 2.75) is 25.0 Å². The van der Waals surface area contributed by atoms with Crippen molar-refractivity contribution in [1.29, 1.82) is 0 Å². The molecule has 114 valence electrons. The molecule has 1 fully saturated rings. The molecular weight excluding hydrogens is 297 g/mol. The van der Waals surface area contributed by atoms with E-state index in [1.165, 1.54) is 43.0 Å². The van der Waals surface area contributed by atoms with Crippen LogP contribution < -0.4 is 10.1 Å². The Morgan fingerprint density at radius 2 is 2.29 bits per heavy atom. The van der Waals surface area contributed by atoms with Crippen LogP contribution in [0.4, 0.5) is 4.39 Å². The average Bonchev–Trinajstić information content (AvgIpc) is 2.88. The Kier molecular flexibility index (Phi) is 4.72. The van der Waals surface area contributed by atoms with Crippen molar-refractivity contribution in [2.24, 2.45) is 0 Å². The maximum Gasteiger partial charge on any atom is 0.330 e. The lowest BCUT2D eigenvalue weighted by Crippen LogP contribution is -2.57. The molecule has 0 bridgehead atoms. The number of hydrogen-bond donors (Lipinski definition) is 2. The van der Waals surface area contributed by atoms with E-state index in [-0.39, 0.29) is 5.75 Å². The highest BCUT2D eigenvalue weighted by Gasteiger charge is 2.44. The molecule has 0 aliphatic carbocycles. The van der Waals surface area contributed by atoms with Crippen molar-refractivity contribution >= 4 is 23.6 Å². The summed E-state index contributed by atoms with van der Waals surface area (Å²) in [5, 5.41) is 11.9. The van der Waals surface area contributed by atoms with E-state index in [4.69, 9.17) is 4.74 Å². The number of nitrogens with one attached hydrogen (secondary N) is 1. The smallest absolute Gasteiger partial charge is 0.330 e. The predicted octanol–water partition coefficient (Wildman–Crippen LogP) is 1.67. The van der Waals surface area contributed by atoms with Crippen LogP contribution in [0.15, 0.2) is 24.3 Å². The first-order valence-corrected chi connectivity index (χ1v) is 7.64. The Morgan fingerprint density at radius 3 is 2.86 bits per heavy atom. The summed E-state index contributed by atoms with van der Waals surface area (Å²) in [6.45, 7) is 1.50. The van der Waals surface area contributed by atoms with Gasteiger partial charge in [-0.2, -0.15) is 11.8 Å². The van der Waals surface area contributed by atoms with Crippen molar-refractivity contribution in [3.05, 3.63) is 30.1 Å². The maximum absolute atomic E-state index is 13.1. The molecule has 0 unspecified atom stereocenters. The first-order valence-electron chi connectivity index (χ1n) is 6.48. The quantitative estimate of drug-likeness (QED) is 0.865. The Hall–Kier alpha value is -1.76. The van der Waals surface area contributed by atoms with Crippen molar-refractivity contribution in [2.75, 3.05) is 11.5 Å². The lowest BCUT2D eigenvalue weighted by atomic mass is 9.99. The number of thioether (sulfide) groups is 1. The van der Waals surface area contributed by atoms with E-state index >= 15 is 0 Å². The number of amides is 1. The largest absolute Gasteiger partial charge is 0.481 e. The van der Waals surface area contributed by atoms with Gasteiger partial charge in [-0.05, 0) is 31.2 Å². The SMILES string of the molecule is C[C@H](Oc1cccc(F)c1)C(=O)N[C@]1(C(=O)O)CCSC1. The number of carbonyl (C=O) groups excluding carboxylic acids is 1. The van der Waals surface area contributed by atoms with Crippen LogP contribution in [0.1, 0.15) is 13.3 Å². The van der Waals surface area contributed by atoms with Gasteiger partial charge in [0, 0.05) is 11.8 Å². The molecule has 1 saturated heterocycles. The van der Waals surface area contributed by atoms with E-state index < -0.39 is 29.3 Å². The van der Waals surface area contributed by atoms with E-state index in [1.54, 1.807) is 0 Å². The van der Waals surface area contributed by atoms with Crippen molar-refractivity contribution in [3.8, 4) is 5.75 Å². The molecule has 1 aromatic rings. The zero-order valence-electron chi connectivity index (χ0n) is 11.5. The molecule has 2 rings (SSSR count). The predicted molar refractivity (Wildman–Crippen MR) is 76.9 cm³/mol. The number of carbonyl (C=O) groups is 2. The highest BCUT2D eigenvalue weighted by Crippen LogP contribution is 2.28. The highest BCUT2D eigenvalue weighted by molar-refractivity contribution is 7.99. The summed E-state index contributed by atoms with van der Waals surface area (Å²) in [7, 11) is 0. The van der Waals surface area contributed by atoms with Crippen molar-refractivity contribution in [1.82, 2.24) is 5.32 Å². The Balaban J connectivity index is 2.01. The zero-order valence-corrected chi connectivity index (χ0v) is 12.3. The summed E-state index contributed by atoms with van der Waals surface area (Å²) >= 11 is 1.48. The minimum absolute atomic E-state index is 0.225. The zero-order chi connectivity index (χ0) is 15.5. The molecular formula is C14H16FNO4S. The molecule has 1 aliphatic heterocycles. The third kappa shape index (κ3) is 3.66. The number of hydrogen-bond acceptors (Lipinski definition) is 4. The van der Waals surface area contributed by atoms with E-state index in [2.05, 4.69) is 5.32 Å². The average molecular weight is 313 g/mol. The molecule has 21 heavy (non-hydrogen) atoms. The second-order valence-electron chi connectivity index (χ2n) is 4.90. The first kappa shape index (κ1) is 15.6. The molecule has 1 heterocycles. The fourth-order valence-electron chi connectivity index (χ4n) is 2.02. The van der Waals surface area contributed by atoms with Crippen LogP contribution in [0.5, 0.6) is 5.75 Å². The molecule has 0 aromatic heterocycles. The summed E-state index contributed by atoms with van der Waals surface area (Å²) < 4.78 is 18.4. The van der Waals surface area contributed by atoms with Gasteiger partial charge in [0.2, 0.25) is 0 Å².